The molecule has 5 nitrogen and oxygen atoms in total. The topological polar surface area (TPSA) is 66.8 Å². The van der Waals surface area contributed by atoms with E-state index < -0.39 is 5.97 Å². The van der Waals surface area contributed by atoms with Crippen molar-refractivity contribution in [2.24, 2.45) is 0 Å². The lowest BCUT2D eigenvalue weighted by atomic mass is 10.1. The fourth-order valence-corrected chi connectivity index (χ4v) is 2.22. The van der Waals surface area contributed by atoms with Gasteiger partial charge in [0.25, 0.3) is 0 Å². The third-order valence-electron chi connectivity index (χ3n) is 3.38. The first-order valence-corrected chi connectivity index (χ1v) is 6.85. The van der Waals surface area contributed by atoms with Gasteiger partial charge in [-0.25, -0.2) is 4.79 Å². The summed E-state index contributed by atoms with van der Waals surface area (Å²) in [4.78, 5) is 24.2. The lowest BCUT2D eigenvalue weighted by molar-refractivity contribution is -0.121. The quantitative estimate of drug-likeness (QED) is 0.803. The summed E-state index contributed by atoms with van der Waals surface area (Å²) < 4.78 is 5.55. The van der Waals surface area contributed by atoms with E-state index >= 15 is 0 Å². The van der Waals surface area contributed by atoms with Crippen LogP contribution in [0.1, 0.15) is 29.6 Å². The normalized spacial score (nSPS) is 16.1. The smallest absolute Gasteiger partial charge is 0.335 e. The summed E-state index contributed by atoms with van der Waals surface area (Å²) >= 11 is 0. The third kappa shape index (κ3) is 4.35. The lowest BCUT2D eigenvalue weighted by Crippen LogP contribution is -2.35. The Morgan fingerprint density at radius 2 is 2.05 bits per heavy atom. The molecule has 0 spiro atoms. The van der Waals surface area contributed by atoms with Gasteiger partial charge in [0.05, 0.1) is 12.2 Å². The molecule has 0 atom stereocenters. The highest BCUT2D eigenvalue weighted by molar-refractivity contribution is 5.88. The van der Waals surface area contributed by atoms with Gasteiger partial charge in [0, 0.05) is 32.5 Å². The van der Waals surface area contributed by atoms with Crippen LogP contribution in [-0.2, 0) is 4.79 Å². The van der Waals surface area contributed by atoms with Gasteiger partial charge in [-0.3, -0.25) is 4.79 Å². The first-order valence-electron chi connectivity index (χ1n) is 6.85. The molecule has 0 saturated carbocycles. The molecule has 1 aromatic carbocycles. The predicted octanol–water partition coefficient (Wildman–Crippen LogP) is 1.82. The first-order chi connectivity index (χ1) is 9.65. The second-order valence-electron chi connectivity index (χ2n) is 4.92. The fourth-order valence-electron chi connectivity index (χ4n) is 2.22. The van der Waals surface area contributed by atoms with E-state index in [4.69, 9.17) is 9.84 Å². The number of aromatic carboxylic acids is 1. The Morgan fingerprint density at radius 1 is 1.30 bits per heavy atom. The van der Waals surface area contributed by atoms with E-state index in [9.17, 15) is 9.59 Å². The van der Waals surface area contributed by atoms with Gasteiger partial charge in [0.2, 0.25) is 0 Å². The van der Waals surface area contributed by atoms with Crippen molar-refractivity contribution in [3.8, 4) is 5.75 Å². The van der Waals surface area contributed by atoms with Crippen LogP contribution >= 0.6 is 0 Å². The van der Waals surface area contributed by atoms with E-state index in [-0.39, 0.29) is 5.56 Å². The highest BCUT2D eigenvalue weighted by Gasteiger charge is 2.15. The zero-order valence-electron chi connectivity index (χ0n) is 11.4. The molecule has 0 aromatic heterocycles. The SMILES string of the molecule is O=C1CCN(CCCOc2cccc(C(=O)O)c2)CC1. The molecule has 1 heterocycles. The molecular weight excluding hydrogens is 258 g/mol. The summed E-state index contributed by atoms with van der Waals surface area (Å²) in [6, 6.07) is 6.50. The van der Waals surface area contributed by atoms with Crippen LogP contribution in [0.3, 0.4) is 0 Å². The van der Waals surface area contributed by atoms with Crippen molar-refractivity contribution in [1.29, 1.82) is 0 Å². The summed E-state index contributed by atoms with van der Waals surface area (Å²) in [7, 11) is 0. The number of carbonyl (C=O) groups is 2. The average Bonchev–Trinajstić information content (AvgIpc) is 2.46. The van der Waals surface area contributed by atoms with E-state index in [1.807, 2.05) is 0 Å². The highest BCUT2D eigenvalue weighted by Crippen LogP contribution is 2.14. The maximum atomic E-state index is 11.1. The minimum Gasteiger partial charge on any atom is -0.494 e. The largest absolute Gasteiger partial charge is 0.494 e. The fraction of sp³-hybridized carbons (Fsp3) is 0.467. The Hall–Kier alpha value is -1.88. The molecule has 0 aliphatic carbocycles. The summed E-state index contributed by atoms with van der Waals surface area (Å²) in [5, 5.41) is 8.88. The van der Waals surface area contributed by atoms with Gasteiger partial charge >= 0.3 is 5.97 Å². The molecule has 0 unspecified atom stereocenters. The van der Waals surface area contributed by atoms with E-state index in [0.29, 0.717) is 31.0 Å². The van der Waals surface area contributed by atoms with Gasteiger partial charge in [0.1, 0.15) is 11.5 Å². The minimum atomic E-state index is -0.951. The van der Waals surface area contributed by atoms with Crippen LogP contribution in [0, 0.1) is 0 Å². The monoisotopic (exact) mass is 277 g/mol. The summed E-state index contributed by atoms with van der Waals surface area (Å²) in [5.41, 5.74) is 0.233. The van der Waals surface area contributed by atoms with Gasteiger partial charge in [-0.2, -0.15) is 0 Å². The van der Waals surface area contributed by atoms with Crippen molar-refractivity contribution in [1.82, 2.24) is 4.90 Å². The minimum absolute atomic E-state index is 0.233. The molecule has 1 aromatic rings. The van der Waals surface area contributed by atoms with Crippen molar-refractivity contribution in [3.05, 3.63) is 29.8 Å². The van der Waals surface area contributed by atoms with Gasteiger partial charge in [-0.05, 0) is 24.6 Å². The van der Waals surface area contributed by atoms with Crippen molar-refractivity contribution in [3.63, 3.8) is 0 Å². The van der Waals surface area contributed by atoms with E-state index in [1.54, 1.807) is 18.2 Å². The number of rotatable bonds is 6. The highest BCUT2D eigenvalue weighted by atomic mass is 16.5. The molecule has 0 amide bonds. The molecule has 0 radical (unpaired) electrons. The number of carbonyl (C=O) groups excluding carboxylic acids is 1. The Balaban J connectivity index is 1.69. The van der Waals surface area contributed by atoms with Crippen LogP contribution < -0.4 is 4.74 Å². The summed E-state index contributed by atoms with van der Waals surface area (Å²) in [6.07, 6.45) is 2.18. The van der Waals surface area contributed by atoms with Crippen LogP contribution in [0.5, 0.6) is 5.75 Å². The van der Waals surface area contributed by atoms with Gasteiger partial charge in [-0.15, -0.1) is 0 Å². The number of carboxylic acids is 1. The number of ether oxygens (including phenoxy) is 1. The second-order valence-corrected chi connectivity index (χ2v) is 4.92. The van der Waals surface area contributed by atoms with Crippen molar-refractivity contribution >= 4 is 11.8 Å². The number of piperidine rings is 1. The predicted molar refractivity (Wildman–Crippen MR) is 74.2 cm³/mol. The molecule has 1 aliphatic rings. The van der Waals surface area contributed by atoms with Crippen molar-refractivity contribution in [2.45, 2.75) is 19.3 Å². The van der Waals surface area contributed by atoms with Gasteiger partial charge in [-0.1, -0.05) is 6.07 Å². The summed E-state index contributed by atoms with van der Waals surface area (Å²) in [5.74, 6) is -0.0184. The Morgan fingerprint density at radius 3 is 2.75 bits per heavy atom. The number of carboxylic acid groups (broad SMARTS) is 1. The average molecular weight is 277 g/mol. The third-order valence-corrected chi connectivity index (χ3v) is 3.38. The molecule has 1 aliphatic heterocycles. The zero-order chi connectivity index (χ0) is 14.4. The van der Waals surface area contributed by atoms with Crippen molar-refractivity contribution in [2.75, 3.05) is 26.2 Å². The van der Waals surface area contributed by atoms with Crippen LogP contribution in [0.4, 0.5) is 0 Å². The summed E-state index contributed by atoms with van der Waals surface area (Å²) in [6.45, 7) is 3.14. The molecule has 0 bridgehead atoms. The maximum Gasteiger partial charge on any atom is 0.335 e. The number of nitrogens with zero attached hydrogens (tertiary/aromatic N) is 1. The molecule has 20 heavy (non-hydrogen) atoms. The van der Waals surface area contributed by atoms with Crippen LogP contribution in [-0.4, -0.2) is 48.0 Å². The number of hydrogen-bond acceptors (Lipinski definition) is 4. The molecule has 2 rings (SSSR count). The Bertz CT molecular complexity index is 477. The maximum absolute atomic E-state index is 11.1. The Kier molecular flexibility index (Phi) is 5.12. The lowest BCUT2D eigenvalue weighted by Gasteiger charge is -2.25. The Labute approximate surface area is 118 Å². The number of likely N-dealkylation sites (tertiary alicyclic amines) is 1. The zero-order valence-corrected chi connectivity index (χ0v) is 11.4. The molecule has 1 saturated heterocycles. The first kappa shape index (κ1) is 14.5. The van der Waals surface area contributed by atoms with E-state index in [0.717, 1.165) is 26.1 Å². The van der Waals surface area contributed by atoms with E-state index in [2.05, 4.69) is 4.90 Å². The number of Topliss-reactive ketones (excluding diaryl/α,β-unsaturated/α-hetero) is 1. The van der Waals surface area contributed by atoms with Crippen LogP contribution in [0.2, 0.25) is 0 Å². The van der Waals surface area contributed by atoms with Crippen LogP contribution in [0.25, 0.3) is 0 Å². The second kappa shape index (κ2) is 7.05. The number of ketones is 1. The molecule has 5 heteroatoms. The number of hydrogen-bond donors (Lipinski definition) is 1. The number of benzene rings is 1. The molecule has 1 N–H and O–H groups in total. The molecule has 108 valence electrons. The van der Waals surface area contributed by atoms with Gasteiger partial charge < -0.3 is 14.7 Å². The van der Waals surface area contributed by atoms with Crippen molar-refractivity contribution < 1.29 is 19.4 Å². The van der Waals surface area contributed by atoms with Crippen LogP contribution in [0.15, 0.2) is 24.3 Å². The molecular formula is C15H19NO4. The standard InChI is InChI=1S/C15H19NO4/c17-13-5-8-16(9-6-13)7-2-10-20-14-4-1-3-12(11-14)15(18)19/h1,3-4,11H,2,5-10H2,(H,18,19). The van der Waals surface area contributed by atoms with Gasteiger partial charge in [0.15, 0.2) is 0 Å². The molecule has 1 fully saturated rings. The van der Waals surface area contributed by atoms with E-state index in [1.165, 1.54) is 6.07 Å².